The van der Waals surface area contributed by atoms with Gasteiger partial charge in [0.15, 0.2) is 5.65 Å². The lowest BCUT2D eigenvalue weighted by molar-refractivity contribution is 0.0674. The van der Waals surface area contributed by atoms with Crippen molar-refractivity contribution in [2.75, 3.05) is 18.9 Å². The van der Waals surface area contributed by atoms with Crippen LogP contribution in [0.5, 0.6) is 11.5 Å². The number of anilines is 1. The molecule has 4 aromatic rings. The van der Waals surface area contributed by atoms with E-state index in [2.05, 4.69) is 9.97 Å². The number of rotatable bonds is 4. The molecule has 2 aromatic heterocycles. The van der Waals surface area contributed by atoms with Crippen LogP contribution in [0.2, 0.25) is 0 Å². The largest absolute Gasteiger partial charge is 0.457 e. The van der Waals surface area contributed by atoms with Gasteiger partial charge in [-0.15, -0.1) is 0 Å². The first kappa shape index (κ1) is 17.6. The molecule has 0 atom stereocenters. The summed E-state index contributed by atoms with van der Waals surface area (Å²) in [6.07, 6.45) is 3.31. The summed E-state index contributed by atoms with van der Waals surface area (Å²) in [5.74, 6) is 2.00. The van der Waals surface area contributed by atoms with E-state index >= 15 is 0 Å². The Morgan fingerprint density at radius 2 is 1.66 bits per heavy atom. The smallest absolute Gasteiger partial charge is 0.164 e. The van der Waals surface area contributed by atoms with Gasteiger partial charge in [-0.1, -0.05) is 18.2 Å². The highest BCUT2D eigenvalue weighted by atomic mass is 16.5. The molecule has 0 saturated carbocycles. The Hall–Kier alpha value is -3.45. The standard InChI is InChI=1S/C22H21N5O2/c23-21-19-20(15-6-8-18(9-7-15)29-17-4-2-1-3-5-17)26-27(22(19)25-14-24-21)16-10-12-28-13-11-16/h1-9,14,16H,10-13H2,(H2,23,24,25). The Bertz CT molecular complexity index is 1120. The lowest BCUT2D eigenvalue weighted by Gasteiger charge is -2.22. The molecule has 0 amide bonds. The SMILES string of the molecule is Nc1ncnc2c1c(-c1ccc(Oc3ccccc3)cc1)nn2C1CCOCC1. The first-order valence-corrected chi connectivity index (χ1v) is 9.69. The average Bonchev–Trinajstić information content (AvgIpc) is 3.17. The molecule has 29 heavy (non-hydrogen) atoms. The second-order valence-electron chi connectivity index (χ2n) is 7.03. The maximum Gasteiger partial charge on any atom is 0.164 e. The van der Waals surface area contributed by atoms with Crippen LogP contribution in [-0.2, 0) is 4.74 Å². The number of para-hydroxylation sites is 1. The van der Waals surface area contributed by atoms with Crippen molar-refractivity contribution in [1.82, 2.24) is 19.7 Å². The van der Waals surface area contributed by atoms with E-state index in [1.165, 1.54) is 6.33 Å². The Morgan fingerprint density at radius 1 is 0.931 bits per heavy atom. The van der Waals surface area contributed by atoms with E-state index in [1.54, 1.807) is 0 Å². The normalized spacial score (nSPS) is 14.9. The zero-order valence-corrected chi connectivity index (χ0v) is 15.9. The second kappa shape index (κ2) is 7.52. The first-order valence-electron chi connectivity index (χ1n) is 9.69. The van der Waals surface area contributed by atoms with Crippen LogP contribution in [0.25, 0.3) is 22.3 Å². The Kier molecular flexibility index (Phi) is 4.57. The average molecular weight is 387 g/mol. The molecule has 0 unspecified atom stereocenters. The minimum atomic E-state index is 0.245. The molecule has 0 aliphatic carbocycles. The summed E-state index contributed by atoms with van der Waals surface area (Å²) in [5, 5.41) is 5.68. The molecule has 0 spiro atoms. The zero-order chi connectivity index (χ0) is 19.6. The fraction of sp³-hybridized carbons (Fsp3) is 0.227. The number of nitrogens with zero attached hydrogens (tertiary/aromatic N) is 4. The highest BCUT2D eigenvalue weighted by Crippen LogP contribution is 2.34. The second-order valence-corrected chi connectivity index (χ2v) is 7.03. The van der Waals surface area contributed by atoms with Crippen LogP contribution in [0.1, 0.15) is 18.9 Å². The summed E-state index contributed by atoms with van der Waals surface area (Å²) in [7, 11) is 0. The summed E-state index contributed by atoms with van der Waals surface area (Å²) in [4.78, 5) is 8.67. The molecule has 0 bridgehead atoms. The predicted octanol–water partition coefficient (Wildman–Crippen LogP) is 4.22. The maximum absolute atomic E-state index is 6.22. The van der Waals surface area contributed by atoms with Crippen molar-refractivity contribution in [2.45, 2.75) is 18.9 Å². The first-order chi connectivity index (χ1) is 14.3. The molecule has 1 aliphatic rings. The van der Waals surface area contributed by atoms with Crippen LogP contribution in [0.3, 0.4) is 0 Å². The zero-order valence-electron chi connectivity index (χ0n) is 15.9. The van der Waals surface area contributed by atoms with Gasteiger partial charge < -0.3 is 15.2 Å². The van der Waals surface area contributed by atoms with Gasteiger partial charge in [0, 0.05) is 18.8 Å². The lowest BCUT2D eigenvalue weighted by atomic mass is 10.1. The number of hydrogen-bond acceptors (Lipinski definition) is 6. The van der Waals surface area contributed by atoms with E-state index in [4.69, 9.17) is 20.3 Å². The van der Waals surface area contributed by atoms with Gasteiger partial charge in [-0.05, 0) is 49.2 Å². The van der Waals surface area contributed by atoms with E-state index in [1.807, 2.05) is 59.3 Å². The predicted molar refractivity (Wildman–Crippen MR) is 111 cm³/mol. The summed E-state index contributed by atoms with van der Waals surface area (Å²) >= 11 is 0. The summed E-state index contributed by atoms with van der Waals surface area (Å²) in [5.41, 5.74) is 8.72. The Labute approximate surface area is 168 Å². The third kappa shape index (κ3) is 3.40. The van der Waals surface area contributed by atoms with Gasteiger partial charge in [0.05, 0.1) is 11.4 Å². The number of nitrogens with two attached hydrogens (primary N) is 1. The molecule has 5 rings (SSSR count). The highest BCUT2D eigenvalue weighted by Gasteiger charge is 2.23. The fourth-order valence-electron chi connectivity index (χ4n) is 3.69. The number of benzene rings is 2. The topological polar surface area (TPSA) is 88.1 Å². The molecule has 7 nitrogen and oxygen atoms in total. The number of nitrogen functional groups attached to an aromatic ring is 1. The Morgan fingerprint density at radius 3 is 2.41 bits per heavy atom. The van der Waals surface area contributed by atoms with Gasteiger partial charge in [0.25, 0.3) is 0 Å². The maximum atomic E-state index is 6.22. The minimum absolute atomic E-state index is 0.245. The van der Waals surface area contributed by atoms with Gasteiger partial charge in [0.2, 0.25) is 0 Å². The van der Waals surface area contributed by atoms with Gasteiger partial charge >= 0.3 is 0 Å². The number of ether oxygens (including phenoxy) is 2. The molecular formula is C22H21N5O2. The number of hydrogen-bond donors (Lipinski definition) is 1. The minimum Gasteiger partial charge on any atom is -0.457 e. The fourth-order valence-corrected chi connectivity index (χ4v) is 3.69. The molecule has 1 aliphatic heterocycles. The summed E-state index contributed by atoms with van der Waals surface area (Å²) < 4.78 is 13.4. The summed E-state index contributed by atoms with van der Waals surface area (Å²) in [6.45, 7) is 1.46. The van der Waals surface area contributed by atoms with Crippen molar-refractivity contribution in [3.63, 3.8) is 0 Å². The molecule has 2 aromatic carbocycles. The number of fused-ring (bicyclic) bond motifs is 1. The van der Waals surface area contributed by atoms with Crippen molar-refractivity contribution in [2.24, 2.45) is 0 Å². The van der Waals surface area contributed by atoms with Crippen molar-refractivity contribution in [3.8, 4) is 22.8 Å². The summed E-state index contributed by atoms with van der Waals surface area (Å²) in [6, 6.07) is 17.8. The lowest BCUT2D eigenvalue weighted by Crippen LogP contribution is -2.20. The number of aromatic nitrogens is 4. The molecule has 1 saturated heterocycles. The van der Waals surface area contributed by atoms with Crippen LogP contribution in [0.15, 0.2) is 60.9 Å². The van der Waals surface area contributed by atoms with Gasteiger partial charge in [-0.2, -0.15) is 5.10 Å². The van der Waals surface area contributed by atoms with Crippen molar-refractivity contribution in [1.29, 1.82) is 0 Å². The van der Waals surface area contributed by atoms with Crippen LogP contribution in [-0.4, -0.2) is 33.0 Å². The van der Waals surface area contributed by atoms with E-state index in [0.29, 0.717) is 5.82 Å². The van der Waals surface area contributed by atoms with Crippen LogP contribution in [0.4, 0.5) is 5.82 Å². The monoisotopic (exact) mass is 387 g/mol. The van der Waals surface area contributed by atoms with E-state index < -0.39 is 0 Å². The van der Waals surface area contributed by atoms with Crippen LogP contribution >= 0.6 is 0 Å². The van der Waals surface area contributed by atoms with E-state index in [-0.39, 0.29) is 6.04 Å². The molecule has 146 valence electrons. The van der Waals surface area contributed by atoms with Crippen LogP contribution < -0.4 is 10.5 Å². The van der Waals surface area contributed by atoms with E-state index in [9.17, 15) is 0 Å². The van der Waals surface area contributed by atoms with Gasteiger partial charge in [-0.3, -0.25) is 0 Å². The van der Waals surface area contributed by atoms with Crippen molar-refractivity contribution >= 4 is 16.9 Å². The molecular weight excluding hydrogens is 366 g/mol. The molecule has 0 radical (unpaired) electrons. The van der Waals surface area contributed by atoms with E-state index in [0.717, 1.165) is 59.8 Å². The molecule has 3 heterocycles. The van der Waals surface area contributed by atoms with Crippen molar-refractivity contribution < 1.29 is 9.47 Å². The van der Waals surface area contributed by atoms with Gasteiger partial charge in [0.1, 0.15) is 29.3 Å². The third-order valence-corrected chi connectivity index (χ3v) is 5.16. The Balaban J connectivity index is 1.52. The van der Waals surface area contributed by atoms with Gasteiger partial charge in [-0.25, -0.2) is 14.6 Å². The molecule has 7 heteroatoms. The van der Waals surface area contributed by atoms with Crippen LogP contribution in [0, 0.1) is 0 Å². The molecule has 1 fully saturated rings. The molecule has 2 N–H and O–H groups in total. The van der Waals surface area contributed by atoms with Crippen molar-refractivity contribution in [3.05, 3.63) is 60.9 Å². The quantitative estimate of drug-likeness (QED) is 0.564. The third-order valence-electron chi connectivity index (χ3n) is 5.16. The highest BCUT2D eigenvalue weighted by molar-refractivity contribution is 5.98.